The Morgan fingerprint density at radius 1 is 1.25 bits per heavy atom. The number of pyridine rings is 2. The van der Waals surface area contributed by atoms with Crippen molar-refractivity contribution in [2.45, 2.75) is 6.42 Å². The van der Waals surface area contributed by atoms with E-state index in [0.717, 1.165) is 11.3 Å². The van der Waals surface area contributed by atoms with Crippen LogP contribution in [0.15, 0.2) is 36.5 Å². The maximum Gasteiger partial charge on any atom is 0.295 e. The Labute approximate surface area is 98.5 Å². The Morgan fingerprint density at radius 3 is 2.75 bits per heavy atom. The summed E-state index contributed by atoms with van der Waals surface area (Å²) in [6.07, 6.45) is 2.40. The van der Waals surface area contributed by atoms with E-state index in [9.17, 15) is 0 Å². The van der Waals surface area contributed by atoms with E-state index < -0.39 is 0 Å². The third-order valence-corrected chi connectivity index (χ3v) is 2.54. The number of nitrogen functional groups attached to an aromatic ring is 2. The van der Waals surface area contributed by atoms with E-state index in [2.05, 4.69) is 4.98 Å². The molecule has 0 fully saturated rings. The van der Waals surface area contributed by atoms with Crippen molar-refractivity contribution in [2.24, 2.45) is 0 Å². The number of anilines is 1. The molecule has 2 rings (SSSR count). The average molecular weight is 236 g/mol. The van der Waals surface area contributed by atoms with Crippen LogP contribution in [0.3, 0.4) is 0 Å². The van der Waals surface area contributed by atoms with Crippen LogP contribution in [0.25, 0.3) is 0 Å². The molecule has 0 aliphatic heterocycles. The van der Waals surface area contributed by atoms with Crippen LogP contribution in [0.4, 0.5) is 5.82 Å². The van der Waals surface area contributed by atoms with Gasteiger partial charge in [0.15, 0.2) is 0 Å². The lowest BCUT2D eigenvalue weighted by molar-refractivity contribution is -0.631. The summed E-state index contributed by atoms with van der Waals surface area (Å²) in [7, 11) is 0. The van der Waals surface area contributed by atoms with E-state index in [1.807, 2.05) is 18.2 Å². The molecule has 0 radical (unpaired) electrons. The fraction of sp³-hybridized carbons (Fsp3) is 0.0909. The highest BCUT2D eigenvalue weighted by Crippen LogP contribution is 2.09. The summed E-state index contributed by atoms with van der Waals surface area (Å²) >= 11 is 5.71. The van der Waals surface area contributed by atoms with Crippen molar-refractivity contribution in [1.82, 2.24) is 4.98 Å². The van der Waals surface area contributed by atoms with Crippen LogP contribution in [-0.4, -0.2) is 4.98 Å². The molecule has 82 valence electrons. The van der Waals surface area contributed by atoms with Gasteiger partial charge in [0, 0.05) is 18.7 Å². The van der Waals surface area contributed by atoms with Gasteiger partial charge in [-0.3, -0.25) is 11.6 Å². The van der Waals surface area contributed by atoms with Crippen LogP contribution in [0.2, 0.25) is 5.15 Å². The second kappa shape index (κ2) is 4.37. The number of halogens is 1. The fourth-order valence-corrected chi connectivity index (χ4v) is 1.56. The van der Waals surface area contributed by atoms with Crippen molar-refractivity contribution >= 4 is 17.4 Å². The molecule has 4 N–H and O–H groups in total. The van der Waals surface area contributed by atoms with Crippen molar-refractivity contribution in [3.05, 3.63) is 52.9 Å². The van der Waals surface area contributed by atoms with Crippen LogP contribution < -0.4 is 16.3 Å². The highest BCUT2D eigenvalue weighted by Gasteiger charge is 2.08. The monoisotopic (exact) mass is 235 g/mol. The number of rotatable bonds is 2. The van der Waals surface area contributed by atoms with Gasteiger partial charge < -0.3 is 0 Å². The molecule has 0 spiro atoms. The Kier molecular flexibility index (Phi) is 2.92. The van der Waals surface area contributed by atoms with E-state index >= 15 is 0 Å². The molecular weight excluding hydrogens is 224 g/mol. The Morgan fingerprint density at radius 2 is 2.06 bits per heavy atom. The SMILES string of the molecule is Nc1cccc(Cc2ccc(Cl)nc2)[n+]1N. The Balaban J connectivity index is 2.27. The van der Waals surface area contributed by atoms with Gasteiger partial charge in [-0.05, 0) is 17.7 Å². The third-order valence-electron chi connectivity index (χ3n) is 2.32. The molecule has 4 nitrogen and oxygen atoms in total. The van der Waals surface area contributed by atoms with Gasteiger partial charge in [0.2, 0.25) is 0 Å². The molecule has 2 aromatic rings. The molecule has 0 saturated heterocycles. The summed E-state index contributed by atoms with van der Waals surface area (Å²) in [6, 6.07) is 9.22. The average Bonchev–Trinajstić information content (AvgIpc) is 2.28. The molecule has 5 heteroatoms. The maximum absolute atomic E-state index is 5.81. The summed E-state index contributed by atoms with van der Waals surface area (Å²) < 4.78 is 1.47. The van der Waals surface area contributed by atoms with Crippen molar-refractivity contribution in [2.75, 3.05) is 11.6 Å². The standard InChI is InChI=1S/C11H11ClN4/c12-10-5-4-8(7-15-10)6-9-2-1-3-11(13)16(9)14/h1-5,7,13H,6,14H2/p+1. The molecule has 0 atom stereocenters. The second-order valence-electron chi connectivity index (χ2n) is 3.48. The number of hydrogen-bond donors (Lipinski definition) is 2. The van der Waals surface area contributed by atoms with Crippen LogP contribution >= 0.6 is 11.6 Å². The maximum atomic E-state index is 5.81. The topological polar surface area (TPSA) is 68.8 Å². The van der Waals surface area contributed by atoms with Crippen molar-refractivity contribution in [3.63, 3.8) is 0 Å². The molecule has 2 heterocycles. The molecule has 2 aromatic heterocycles. The van der Waals surface area contributed by atoms with Gasteiger partial charge in [-0.1, -0.05) is 23.7 Å². The summed E-state index contributed by atoms with van der Waals surface area (Å²) in [5.41, 5.74) is 7.66. The van der Waals surface area contributed by atoms with E-state index in [4.69, 9.17) is 23.2 Å². The first-order valence-electron chi connectivity index (χ1n) is 4.82. The van der Waals surface area contributed by atoms with Gasteiger partial charge in [-0.2, -0.15) is 0 Å². The lowest BCUT2D eigenvalue weighted by Gasteiger charge is -2.04. The Bertz CT molecular complexity index is 496. The number of nitrogens with zero attached hydrogens (tertiary/aromatic N) is 2. The third kappa shape index (κ3) is 2.23. The molecule has 0 aromatic carbocycles. The molecule has 0 saturated carbocycles. The quantitative estimate of drug-likeness (QED) is 0.462. The van der Waals surface area contributed by atoms with E-state index in [1.165, 1.54) is 4.68 Å². The smallest absolute Gasteiger partial charge is 0.285 e. The molecule has 0 bridgehead atoms. The van der Waals surface area contributed by atoms with Gasteiger partial charge in [0.25, 0.3) is 5.82 Å². The molecule has 0 unspecified atom stereocenters. The first-order chi connectivity index (χ1) is 7.66. The first-order valence-corrected chi connectivity index (χ1v) is 5.19. The zero-order valence-corrected chi connectivity index (χ0v) is 9.35. The summed E-state index contributed by atoms with van der Waals surface area (Å²) in [4.78, 5) is 4.01. The molecule has 0 amide bonds. The normalized spacial score (nSPS) is 10.3. The van der Waals surface area contributed by atoms with Gasteiger partial charge in [-0.25, -0.2) is 4.98 Å². The first kappa shape index (κ1) is 10.7. The minimum Gasteiger partial charge on any atom is -0.285 e. The molecule has 0 aliphatic carbocycles. The minimum atomic E-state index is 0.483. The van der Waals surface area contributed by atoms with E-state index in [0.29, 0.717) is 17.4 Å². The van der Waals surface area contributed by atoms with Gasteiger partial charge in [0.05, 0.1) is 0 Å². The highest BCUT2D eigenvalue weighted by atomic mass is 35.5. The lowest BCUT2D eigenvalue weighted by atomic mass is 10.1. The van der Waals surface area contributed by atoms with Crippen LogP contribution in [0.1, 0.15) is 11.3 Å². The largest absolute Gasteiger partial charge is 0.295 e. The molecule has 16 heavy (non-hydrogen) atoms. The zero-order valence-electron chi connectivity index (χ0n) is 8.60. The van der Waals surface area contributed by atoms with Crippen LogP contribution in [0.5, 0.6) is 0 Å². The van der Waals surface area contributed by atoms with Crippen molar-refractivity contribution in [1.29, 1.82) is 0 Å². The zero-order chi connectivity index (χ0) is 11.5. The highest BCUT2D eigenvalue weighted by molar-refractivity contribution is 6.29. The van der Waals surface area contributed by atoms with Crippen molar-refractivity contribution < 1.29 is 4.68 Å². The number of nitrogens with two attached hydrogens (primary N) is 2. The van der Waals surface area contributed by atoms with Gasteiger partial charge in [0.1, 0.15) is 10.8 Å². The van der Waals surface area contributed by atoms with E-state index in [1.54, 1.807) is 18.3 Å². The second-order valence-corrected chi connectivity index (χ2v) is 3.87. The molecular formula is C11H12ClN4+. The van der Waals surface area contributed by atoms with Gasteiger partial charge >= 0.3 is 0 Å². The minimum absolute atomic E-state index is 0.483. The van der Waals surface area contributed by atoms with Crippen LogP contribution in [0, 0.1) is 0 Å². The van der Waals surface area contributed by atoms with Crippen LogP contribution in [-0.2, 0) is 6.42 Å². The predicted octanol–water partition coefficient (Wildman–Crippen LogP) is 0.909. The van der Waals surface area contributed by atoms with Crippen molar-refractivity contribution in [3.8, 4) is 0 Å². The number of hydrogen-bond acceptors (Lipinski definition) is 3. The Hall–Kier alpha value is -1.81. The lowest BCUT2D eigenvalue weighted by Crippen LogP contribution is -2.50. The summed E-state index contributed by atoms with van der Waals surface area (Å²) in [6.45, 7) is 0. The fourth-order valence-electron chi connectivity index (χ4n) is 1.45. The number of aromatic nitrogens is 2. The van der Waals surface area contributed by atoms with E-state index in [-0.39, 0.29) is 0 Å². The van der Waals surface area contributed by atoms with Gasteiger partial charge in [-0.15, -0.1) is 4.68 Å². The molecule has 0 aliphatic rings. The summed E-state index contributed by atoms with van der Waals surface area (Å²) in [5.74, 6) is 6.33. The summed E-state index contributed by atoms with van der Waals surface area (Å²) in [5, 5.41) is 0.483. The predicted molar refractivity (Wildman–Crippen MR) is 63.3 cm³/mol.